The maximum atomic E-state index is 12.2. The summed E-state index contributed by atoms with van der Waals surface area (Å²) < 4.78 is 25.5. The third kappa shape index (κ3) is 6.12. The van der Waals surface area contributed by atoms with Gasteiger partial charge >= 0.3 is 0 Å². The fourth-order valence-corrected chi connectivity index (χ4v) is 4.85. The van der Waals surface area contributed by atoms with Crippen molar-refractivity contribution in [3.05, 3.63) is 69.1 Å². The quantitative estimate of drug-likeness (QED) is 0.478. The summed E-state index contributed by atoms with van der Waals surface area (Å²) in [6.07, 6.45) is -0.0897. The van der Waals surface area contributed by atoms with Crippen LogP contribution in [0.15, 0.2) is 60.0 Å². The summed E-state index contributed by atoms with van der Waals surface area (Å²) in [5.74, 6) is -0.603. The normalized spacial score (nSPS) is 11.3. The first-order valence-electron chi connectivity index (χ1n) is 8.17. The van der Waals surface area contributed by atoms with Gasteiger partial charge < -0.3 is 5.32 Å². The summed E-state index contributed by atoms with van der Waals surface area (Å²) in [7, 11) is -3.34. The first kappa shape index (κ1) is 20.0. The van der Waals surface area contributed by atoms with E-state index in [1.165, 1.54) is 11.3 Å². The molecule has 0 aliphatic rings. The standard InChI is InChI=1S/C19H17IN2O3S2/c20-16-8-6-15(7-9-16)17-12-26-19(21-17)22-18(23)10-11-27(24,25)13-14-4-2-1-3-5-14/h1-9,12H,10-11,13H2,(H,21,22,23). The predicted octanol–water partition coefficient (Wildman–Crippen LogP) is 4.36. The molecule has 0 aliphatic heterocycles. The van der Waals surface area contributed by atoms with E-state index in [0.717, 1.165) is 20.4 Å². The summed E-state index contributed by atoms with van der Waals surface area (Å²) in [5.41, 5.74) is 2.47. The molecule has 1 aromatic heterocycles. The third-order valence-electron chi connectivity index (χ3n) is 3.76. The average Bonchev–Trinajstić information content (AvgIpc) is 3.10. The van der Waals surface area contributed by atoms with E-state index in [9.17, 15) is 13.2 Å². The fourth-order valence-electron chi connectivity index (χ4n) is 2.41. The van der Waals surface area contributed by atoms with E-state index in [1.54, 1.807) is 24.3 Å². The van der Waals surface area contributed by atoms with Crippen LogP contribution in [0, 0.1) is 3.57 Å². The number of hydrogen-bond acceptors (Lipinski definition) is 5. The summed E-state index contributed by atoms with van der Waals surface area (Å²) >= 11 is 3.55. The number of sulfone groups is 1. The number of hydrogen-bond donors (Lipinski definition) is 1. The van der Waals surface area contributed by atoms with Crippen LogP contribution < -0.4 is 5.32 Å². The zero-order valence-corrected chi connectivity index (χ0v) is 18.1. The number of benzene rings is 2. The smallest absolute Gasteiger partial charge is 0.227 e. The van der Waals surface area contributed by atoms with Crippen LogP contribution in [0.2, 0.25) is 0 Å². The highest BCUT2D eigenvalue weighted by atomic mass is 127. The Balaban J connectivity index is 1.54. The van der Waals surface area contributed by atoms with Gasteiger partial charge in [-0.3, -0.25) is 4.79 Å². The minimum Gasteiger partial charge on any atom is -0.302 e. The first-order chi connectivity index (χ1) is 12.9. The van der Waals surface area contributed by atoms with Crippen molar-refractivity contribution in [1.82, 2.24) is 4.98 Å². The van der Waals surface area contributed by atoms with Gasteiger partial charge in [0.25, 0.3) is 0 Å². The number of carbonyl (C=O) groups is 1. The maximum Gasteiger partial charge on any atom is 0.227 e. The fraction of sp³-hybridized carbons (Fsp3) is 0.158. The van der Waals surface area contributed by atoms with Crippen molar-refractivity contribution in [2.45, 2.75) is 12.2 Å². The van der Waals surface area contributed by atoms with E-state index in [4.69, 9.17) is 0 Å². The topological polar surface area (TPSA) is 76.1 Å². The van der Waals surface area contributed by atoms with Crippen molar-refractivity contribution in [3.8, 4) is 11.3 Å². The lowest BCUT2D eigenvalue weighted by Gasteiger charge is -2.05. The van der Waals surface area contributed by atoms with Crippen molar-refractivity contribution < 1.29 is 13.2 Å². The van der Waals surface area contributed by atoms with Crippen LogP contribution in [0.4, 0.5) is 5.13 Å². The summed E-state index contributed by atoms with van der Waals surface area (Å²) in [4.78, 5) is 16.5. The molecule has 8 heteroatoms. The molecule has 5 nitrogen and oxygen atoms in total. The van der Waals surface area contributed by atoms with Gasteiger partial charge in [0.2, 0.25) is 5.91 Å². The van der Waals surface area contributed by atoms with Crippen molar-refractivity contribution >= 4 is 54.8 Å². The number of thiazole rings is 1. The highest BCUT2D eigenvalue weighted by Gasteiger charge is 2.15. The number of nitrogens with zero attached hydrogens (tertiary/aromatic N) is 1. The van der Waals surface area contributed by atoms with Crippen LogP contribution in [-0.2, 0) is 20.4 Å². The van der Waals surface area contributed by atoms with E-state index in [1.807, 2.05) is 35.7 Å². The lowest BCUT2D eigenvalue weighted by Crippen LogP contribution is -2.18. The number of carbonyl (C=O) groups excluding carboxylic acids is 1. The van der Waals surface area contributed by atoms with Crippen LogP contribution >= 0.6 is 33.9 Å². The predicted molar refractivity (Wildman–Crippen MR) is 117 cm³/mol. The second-order valence-electron chi connectivity index (χ2n) is 5.92. The van der Waals surface area contributed by atoms with Gasteiger partial charge in [-0.2, -0.15) is 0 Å². The van der Waals surface area contributed by atoms with Crippen LogP contribution in [-0.4, -0.2) is 25.1 Å². The Morgan fingerprint density at radius 1 is 1.07 bits per heavy atom. The molecule has 0 radical (unpaired) electrons. The molecule has 1 amide bonds. The number of amides is 1. The first-order valence-corrected chi connectivity index (χ1v) is 11.9. The number of halogens is 1. The van der Waals surface area contributed by atoms with Crippen molar-refractivity contribution in [3.63, 3.8) is 0 Å². The molecule has 3 rings (SSSR count). The minimum absolute atomic E-state index is 0.0602. The average molecular weight is 512 g/mol. The minimum atomic E-state index is -3.34. The molecule has 2 aromatic carbocycles. The molecule has 140 valence electrons. The number of nitrogens with one attached hydrogen (secondary N) is 1. The van der Waals surface area contributed by atoms with Crippen LogP contribution in [0.25, 0.3) is 11.3 Å². The second kappa shape index (κ2) is 8.94. The Bertz CT molecular complexity index is 1020. The molecular formula is C19H17IN2O3S2. The SMILES string of the molecule is O=C(CCS(=O)(=O)Cc1ccccc1)Nc1nc(-c2ccc(I)cc2)cs1. The summed E-state index contributed by atoms with van der Waals surface area (Å²) in [6.45, 7) is 0. The molecule has 0 bridgehead atoms. The van der Waals surface area contributed by atoms with Gasteiger partial charge in [0.1, 0.15) is 0 Å². The van der Waals surface area contributed by atoms with E-state index >= 15 is 0 Å². The van der Waals surface area contributed by atoms with E-state index in [0.29, 0.717) is 5.13 Å². The molecule has 0 unspecified atom stereocenters. The molecule has 27 heavy (non-hydrogen) atoms. The van der Waals surface area contributed by atoms with E-state index in [2.05, 4.69) is 32.9 Å². The van der Waals surface area contributed by atoms with E-state index in [-0.39, 0.29) is 23.8 Å². The van der Waals surface area contributed by atoms with Crippen LogP contribution in [0.3, 0.4) is 0 Å². The molecule has 0 aliphatic carbocycles. The monoisotopic (exact) mass is 512 g/mol. The van der Waals surface area contributed by atoms with E-state index < -0.39 is 9.84 Å². The molecule has 3 aromatic rings. The summed E-state index contributed by atoms with van der Waals surface area (Å²) in [5, 5.41) is 5.01. The Morgan fingerprint density at radius 3 is 2.48 bits per heavy atom. The van der Waals surface area contributed by atoms with Gasteiger partial charge in [0.05, 0.1) is 17.2 Å². The molecule has 1 N–H and O–H groups in total. The zero-order chi connectivity index (χ0) is 19.3. The molecule has 0 atom stereocenters. The van der Waals surface area contributed by atoms with Gasteiger partial charge in [0, 0.05) is 20.9 Å². The number of anilines is 1. The van der Waals surface area contributed by atoms with Gasteiger partial charge in [0.15, 0.2) is 15.0 Å². The molecule has 1 heterocycles. The lowest BCUT2D eigenvalue weighted by molar-refractivity contribution is -0.115. The van der Waals surface area contributed by atoms with Crippen LogP contribution in [0.5, 0.6) is 0 Å². The van der Waals surface area contributed by atoms with Gasteiger partial charge in [-0.25, -0.2) is 13.4 Å². The number of rotatable bonds is 7. The largest absolute Gasteiger partial charge is 0.302 e. The van der Waals surface area contributed by atoms with Gasteiger partial charge in [-0.05, 0) is 40.3 Å². The second-order valence-corrected chi connectivity index (χ2v) is 10.2. The Hall–Kier alpha value is -1.78. The Morgan fingerprint density at radius 2 is 1.78 bits per heavy atom. The molecule has 0 saturated heterocycles. The Labute approximate surface area is 175 Å². The van der Waals surface area contributed by atoms with Crippen molar-refractivity contribution in [2.24, 2.45) is 0 Å². The van der Waals surface area contributed by atoms with Gasteiger partial charge in [-0.15, -0.1) is 11.3 Å². The zero-order valence-electron chi connectivity index (χ0n) is 14.3. The lowest BCUT2D eigenvalue weighted by atomic mass is 10.2. The highest BCUT2D eigenvalue weighted by molar-refractivity contribution is 14.1. The molecular weight excluding hydrogens is 495 g/mol. The summed E-state index contributed by atoms with van der Waals surface area (Å²) in [6, 6.07) is 16.9. The van der Waals surface area contributed by atoms with Crippen LogP contribution in [0.1, 0.15) is 12.0 Å². The maximum absolute atomic E-state index is 12.2. The number of aromatic nitrogens is 1. The molecule has 0 fully saturated rings. The highest BCUT2D eigenvalue weighted by Crippen LogP contribution is 2.25. The van der Waals surface area contributed by atoms with Crippen molar-refractivity contribution in [2.75, 3.05) is 11.1 Å². The van der Waals surface area contributed by atoms with Crippen molar-refractivity contribution in [1.29, 1.82) is 0 Å². The Kier molecular flexibility index (Phi) is 6.61. The third-order valence-corrected chi connectivity index (χ3v) is 6.84. The molecule has 0 spiro atoms. The van der Waals surface area contributed by atoms with Gasteiger partial charge in [-0.1, -0.05) is 42.5 Å². The molecule has 0 saturated carbocycles.